The van der Waals surface area contributed by atoms with Crippen molar-refractivity contribution in [2.24, 2.45) is 17.8 Å². The molecule has 100 valence electrons. The van der Waals surface area contributed by atoms with Crippen molar-refractivity contribution in [3.05, 3.63) is 12.2 Å². The van der Waals surface area contributed by atoms with Gasteiger partial charge in [0.1, 0.15) is 0 Å². The number of rotatable bonds is 2. The fraction of sp³-hybridized carbons (Fsp3) is 0.692. The van der Waals surface area contributed by atoms with E-state index in [1.54, 1.807) is 6.08 Å². The molecule has 0 aromatic heterocycles. The number of hydrogen-bond donors (Lipinski definition) is 1. The Bertz CT molecular complexity index is 376. The molecule has 1 N–H and O–H groups in total. The fourth-order valence-corrected chi connectivity index (χ4v) is 3.12. The molecule has 0 saturated heterocycles. The van der Waals surface area contributed by atoms with E-state index in [4.69, 9.17) is 9.47 Å². The van der Waals surface area contributed by atoms with E-state index in [9.17, 15) is 14.7 Å². The highest BCUT2D eigenvalue weighted by molar-refractivity contribution is 5.91. The summed E-state index contributed by atoms with van der Waals surface area (Å²) >= 11 is 0. The first-order chi connectivity index (χ1) is 8.58. The smallest absolute Gasteiger partial charge is 0.311 e. The van der Waals surface area contributed by atoms with Gasteiger partial charge in [-0.25, -0.2) is 0 Å². The molecule has 0 radical (unpaired) electrons. The monoisotopic (exact) mass is 254 g/mol. The normalized spacial score (nSPS) is 39.3. The molecule has 0 spiro atoms. The van der Waals surface area contributed by atoms with E-state index in [0.717, 1.165) is 0 Å². The third-order valence-corrected chi connectivity index (χ3v) is 3.97. The van der Waals surface area contributed by atoms with Crippen LogP contribution < -0.4 is 0 Å². The van der Waals surface area contributed by atoms with E-state index in [-0.39, 0.29) is 17.6 Å². The Morgan fingerprint density at radius 3 is 2.78 bits per heavy atom. The summed E-state index contributed by atoms with van der Waals surface area (Å²) in [6.45, 7) is 0. The van der Waals surface area contributed by atoms with Crippen molar-refractivity contribution in [1.82, 2.24) is 0 Å². The highest BCUT2D eigenvalue weighted by atomic mass is 16.5. The lowest BCUT2D eigenvalue weighted by atomic mass is 9.65. The second-order valence-electron chi connectivity index (χ2n) is 4.91. The van der Waals surface area contributed by atoms with Crippen LogP contribution in [0.5, 0.6) is 0 Å². The van der Waals surface area contributed by atoms with Crippen LogP contribution in [0.2, 0.25) is 0 Å². The maximum atomic E-state index is 11.9. The fourth-order valence-electron chi connectivity index (χ4n) is 3.12. The van der Waals surface area contributed by atoms with E-state index in [1.165, 1.54) is 20.3 Å². The Kier molecular flexibility index (Phi) is 3.82. The molecule has 0 aliphatic heterocycles. The molecule has 0 heterocycles. The molecule has 18 heavy (non-hydrogen) atoms. The van der Waals surface area contributed by atoms with Gasteiger partial charge in [-0.15, -0.1) is 0 Å². The minimum atomic E-state index is -0.710. The van der Waals surface area contributed by atoms with Gasteiger partial charge in [-0.1, -0.05) is 6.08 Å². The minimum Gasteiger partial charge on any atom is -0.469 e. The largest absolute Gasteiger partial charge is 0.469 e. The van der Waals surface area contributed by atoms with Crippen LogP contribution in [0.15, 0.2) is 12.2 Å². The maximum Gasteiger partial charge on any atom is 0.311 e. The van der Waals surface area contributed by atoms with Gasteiger partial charge in [-0.05, 0) is 24.3 Å². The number of ether oxygens (including phenoxy) is 2. The van der Waals surface area contributed by atoms with Gasteiger partial charge in [0.2, 0.25) is 0 Å². The first-order valence-corrected chi connectivity index (χ1v) is 6.08. The number of fused-ring (bicyclic) bond motifs is 1. The predicted octanol–water partition coefficient (Wildman–Crippen LogP) is 0.317. The molecule has 0 aromatic carbocycles. The quantitative estimate of drug-likeness (QED) is 0.718. The molecule has 5 heteroatoms. The lowest BCUT2D eigenvalue weighted by Crippen LogP contribution is -2.52. The Balaban J connectivity index is 2.31. The van der Waals surface area contributed by atoms with E-state index >= 15 is 0 Å². The number of hydrogen-bond acceptors (Lipinski definition) is 5. The zero-order chi connectivity index (χ0) is 13.3. The molecule has 2 rings (SSSR count). The van der Waals surface area contributed by atoms with Crippen LogP contribution >= 0.6 is 0 Å². The molecule has 5 atom stereocenters. The number of allylic oxidation sites excluding steroid dienone is 2. The van der Waals surface area contributed by atoms with Gasteiger partial charge >= 0.3 is 5.97 Å². The maximum absolute atomic E-state index is 11.9. The number of carbonyl (C=O) groups is 2. The van der Waals surface area contributed by atoms with Gasteiger partial charge in [0.15, 0.2) is 5.78 Å². The van der Waals surface area contributed by atoms with Crippen molar-refractivity contribution in [3.8, 4) is 0 Å². The highest BCUT2D eigenvalue weighted by Gasteiger charge is 2.49. The van der Waals surface area contributed by atoms with Crippen LogP contribution in [0.1, 0.15) is 12.8 Å². The summed E-state index contributed by atoms with van der Waals surface area (Å²) in [4.78, 5) is 23.4. The standard InChI is InChI=1S/C13H18O5/c1-17-12-10(15)5-7-3-4-8(14)6-9(7)11(12)13(16)18-2/h3-4,7,9-12,15H,5-6H2,1-2H3/t7-,9-,10+,11-,12-/m0/s1. The van der Waals surface area contributed by atoms with Crippen LogP contribution in [-0.4, -0.2) is 43.3 Å². The zero-order valence-electron chi connectivity index (χ0n) is 10.5. The molecule has 2 aliphatic carbocycles. The van der Waals surface area contributed by atoms with Crippen LogP contribution in [0.25, 0.3) is 0 Å². The third kappa shape index (κ3) is 2.20. The lowest BCUT2D eigenvalue weighted by Gasteiger charge is -2.43. The summed E-state index contributed by atoms with van der Waals surface area (Å²) < 4.78 is 10.0. The summed E-state index contributed by atoms with van der Waals surface area (Å²) in [6.07, 6.45) is 2.85. The summed E-state index contributed by atoms with van der Waals surface area (Å²) in [5, 5.41) is 10.0. The van der Waals surface area contributed by atoms with Gasteiger partial charge in [0.05, 0.1) is 25.2 Å². The van der Waals surface area contributed by atoms with Crippen molar-refractivity contribution in [3.63, 3.8) is 0 Å². The van der Waals surface area contributed by atoms with E-state index < -0.39 is 24.1 Å². The second-order valence-corrected chi connectivity index (χ2v) is 4.91. The number of aliphatic hydroxyl groups is 1. The summed E-state index contributed by atoms with van der Waals surface area (Å²) in [6, 6.07) is 0. The second kappa shape index (κ2) is 5.20. The Hall–Kier alpha value is -1.20. The van der Waals surface area contributed by atoms with Gasteiger partial charge in [0, 0.05) is 13.5 Å². The van der Waals surface area contributed by atoms with Gasteiger partial charge in [-0.2, -0.15) is 0 Å². The van der Waals surface area contributed by atoms with Gasteiger partial charge in [0.25, 0.3) is 0 Å². The topological polar surface area (TPSA) is 72.8 Å². The Morgan fingerprint density at radius 1 is 1.44 bits per heavy atom. The molecule has 0 aromatic rings. The van der Waals surface area contributed by atoms with Gasteiger partial charge < -0.3 is 14.6 Å². The first-order valence-electron chi connectivity index (χ1n) is 6.08. The van der Waals surface area contributed by atoms with Crippen molar-refractivity contribution < 1.29 is 24.2 Å². The lowest BCUT2D eigenvalue weighted by molar-refractivity contribution is -0.168. The van der Waals surface area contributed by atoms with Crippen LogP contribution in [0.4, 0.5) is 0 Å². The van der Waals surface area contributed by atoms with Crippen LogP contribution in [0.3, 0.4) is 0 Å². The average molecular weight is 254 g/mol. The summed E-state index contributed by atoms with van der Waals surface area (Å²) in [5.41, 5.74) is 0. The highest BCUT2D eigenvalue weighted by Crippen LogP contribution is 2.42. The number of aliphatic hydroxyl groups excluding tert-OH is 1. The van der Waals surface area contributed by atoms with E-state index in [2.05, 4.69) is 0 Å². The Labute approximate surface area is 106 Å². The molecule has 1 saturated carbocycles. The molecular weight excluding hydrogens is 236 g/mol. The average Bonchev–Trinajstić information content (AvgIpc) is 2.36. The van der Waals surface area contributed by atoms with Crippen molar-refractivity contribution >= 4 is 11.8 Å². The van der Waals surface area contributed by atoms with Gasteiger partial charge in [-0.3, -0.25) is 9.59 Å². The summed E-state index contributed by atoms with van der Waals surface area (Å²) in [7, 11) is 2.77. The molecule has 5 nitrogen and oxygen atoms in total. The van der Waals surface area contributed by atoms with E-state index in [0.29, 0.717) is 12.8 Å². The molecule has 0 bridgehead atoms. The predicted molar refractivity (Wildman–Crippen MR) is 62.7 cm³/mol. The Morgan fingerprint density at radius 2 is 2.17 bits per heavy atom. The minimum absolute atomic E-state index is 0.0106. The molecule has 0 unspecified atom stereocenters. The third-order valence-electron chi connectivity index (χ3n) is 3.97. The van der Waals surface area contributed by atoms with Crippen molar-refractivity contribution in [1.29, 1.82) is 0 Å². The van der Waals surface area contributed by atoms with Crippen molar-refractivity contribution in [2.45, 2.75) is 25.0 Å². The molecule has 0 amide bonds. The number of methoxy groups -OCH3 is 2. The number of esters is 1. The SMILES string of the molecule is COC(=O)[C@H]1[C@H]2CC(=O)C=C[C@H]2C[C@@H](O)[C@@H]1OC. The van der Waals surface area contributed by atoms with Crippen LogP contribution in [0, 0.1) is 17.8 Å². The summed E-state index contributed by atoms with van der Waals surface area (Å²) in [5.74, 6) is -1.09. The number of carbonyl (C=O) groups excluding carboxylic acids is 2. The first kappa shape index (κ1) is 13.2. The van der Waals surface area contributed by atoms with E-state index in [1.807, 2.05) is 0 Å². The molecular formula is C13H18O5. The van der Waals surface area contributed by atoms with Crippen molar-refractivity contribution in [2.75, 3.05) is 14.2 Å². The molecule has 1 fully saturated rings. The van der Waals surface area contributed by atoms with Crippen LogP contribution in [-0.2, 0) is 19.1 Å². The molecule has 2 aliphatic rings. The zero-order valence-corrected chi connectivity index (χ0v) is 10.5. The number of ketones is 1.